The van der Waals surface area contributed by atoms with Gasteiger partial charge in [0.1, 0.15) is 0 Å². The summed E-state index contributed by atoms with van der Waals surface area (Å²) in [5, 5.41) is 2.91. The van der Waals surface area contributed by atoms with Crippen molar-refractivity contribution in [2.75, 3.05) is 15.9 Å². The third-order valence-electron chi connectivity index (χ3n) is 4.88. The minimum absolute atomic E-state index is 0.135. The number of benzene rings is 2. The second-order valence-corrected chi connectivity index (χ2v) is 9.07. The Bertz CT molecular complexity index is 936. The van der Waals surface area contributed by atoms with Crippen LogP contribution in [0.15, 0.2) is 42.5 Å². The van der Waals surface area contributed by atoms with E-state index >= 15 is 0 Å². The number of sulfonamides is 1. The first kappa shape index (κ1) is 19.4. The molecule has 0 aliphatic carbocycles. The lowest BCUT2D eigenvalue weighted by Gasteiger charge is -2.21. The summed E-state index contributed by atoms with van der Waals surface area (Å²) in [6.07, 6.45) is 5.18. The molecule has 1 heterocycles. The van der Waals surface area contributed by atoms with Gasteiger partial charge in [0.2, 0.25) is 10.0 Å². The Morgan fingerprint density at radius 2 is 1.89 bits per heavy atom. The highest BCUT2D eigenvalue weighted by Gasteiger charge is 2.32. The largest absolute Gasteiger partial charge is 0.322 e. The Labute approximate surface area is 161 Å². The highest BCUT2D eigenvalue weighted by Crippen LogP contribution is 2.34. The molecule has 6 heteroatoms. The maximum Gasteiger partial charge on any atom is 0.255 e. The number of nitrogens with one attached hydrogen (secondary N) is 1. The van der Waals surface area contributed by atoms with Gasteiger partial charge in [-0.05, 0) is 67.6 Å². The van der Waals surface area contributed by atoms with Crippen molar-refractivity contribution in [2.45, 2.75) is 45.6 Å². The fraction of sp³-hybridized carbons (Fsp3) is 0.381. The summed E-state index contributed by atoms with van der Waals surface area (Å²) in [6.45, 7) is 4.04. The molecule has 1 N–H and O–H groups in total. The zero-order valence-corrected chi connectivity index (χ0v) is 16.8. The van der Waals surface area contributed by atoms with Crippen LogP contribution in [0.4, 0.5) is 11.4 Å². The van der Waals surface area contributed by atoms with Crippen LogP contribution >= 0.6 is 0 Å². The minimum Gasteiger partial charge on any atom is -0.322 e. The Balaban J connectivity index is 1.74. The van der Waals surface area contributed by atoms with Crippen molar-refractivity contribution in [1.82, 2.24) is 0 Å². The highest BCUT2D eigenvalue weighted by atomic mass is 32.2. The molecule has 0 radical (unpaired) electrons. The van der Waals surface area contributed by atoms with E-state index in [0.717, 1.165) is 30.5 Å². The van der Waals surface area contributed by atoms with Crippen LogP contribution < -0.4 is 9.62 Å². The van der Waals surface area contributed by atoms with Gasteiger partial charge in [0.25, 0.3) is 5.91 Å². The predicted molar refractivity (Wildman–Crippen MR) is 110 cm³/mol. The van der Waals surface area contributed by atoms with Gasteiger partial charge in [0.05, 0.1) is 11.9 Å². The quantitative estimate of drug-likeness (QED) is 0.816. The van der Waals surface area contributed by atoms with E-state index in [1.54, 1.807) is 18.2 Å². The molecule has 0 aromatic heterocycles. The van der Waals surface area contributed by atoms with E-state index in [1.807, 2.05) is 31.2 Å². The zero-order chi connectivity index (χ0) is 19.6. The van der Waals surface area contributed by atoms with Gasteiger partial charge in [-0.2, -0.15) is 0 Å². The van der Waals surface area contributed by atoms with Crippen LogP contribution in [0.1, 0.15) is 48.2 Å². The molecule has 0 fully saturated rings. The Morgan fingerprint density at radius 3 is 2.52 bits per heavy atom. The van der Waals surface area contributed by atoms with E-state index in [-0.39, 0.29) is 11.9 Å². The minimum atomic E-state index is -3.32. The normalized spacial score (nSPS) is 16.3. The summed E-state index contributed by atoms with van der Waals surface area (Å²) < 4.78 is 25.4. The van der Waals surface area contributed by atoms with Crippen molar-refractivity contribution in [3.8, 4) is 0 Å². The molecule has 0 saturated carbocycles. The second kappa shape index (κ2) is 7.72. The molecule has 2 aromatic rings. The Kier molecular flexibility index (Phi) is 5.56. The number of carbonyl (C=O) groups excluding carboxylic acids is 1. The lowest BCUT2D eigenvalue weighted by atomic mass is 10.1. The lowest BCUT2D eigenvalue weighted by Crippen LogP contribution is -2.34. The first-order chi connectivity index (χ1) is 12.8. The number of amides is 1. The molecule has 144 valence electrons. The number of fused-ring (bicyclic) bond motifs is 1. The number of hydrogen-bond acceptors (Lipinski definition) is 3. The van der Waals surface area contributed by atoms with E-state index in [1.165, 1.54) is 16.1 Å². The van der Waals surface area contributed by atoms with E-state index in [2.05, 4.69) is 12.2 Å². The van der Waals surface area contributed by atoms with Gasteiger partial charge in [-0.15, -0.1) is 0 Å². The highest BCUT2D eigenvalue weighted by molar-refractivity contribution is 7.92. The third kappa shape index (κ3) is 4.33. The first-order valence-corrected chi connectivity index (χ1v) is 11.2. The molecular formula is C21H26N2O3S. The standard InChI is InChI=1S/C21H26N2O3S/c1-4-5-6-16-7-10-19(11-8-16)22-21(24)17-9-12-20-18(14-17)13-15(2)23(20)27(3,25)26/h7-12,14-15H,4-6,13H2,1-3H3,(H,22,24)/t15-/m0/s1. The van der Waals surface area contributed by atoms with Crippen LogP contribution in [0, 0.1) is 0 Å². The molecule has 5 nitrogen and oxygen atoms in total. The average molecular weight is 387 g/mol. The van der Waals surface area contributed by atoms with Crippen molar-refractivity contribution in [1.29, 1.82) is 0 Å². The van der Waals surface area contributed by atoms with Gasteiger partial charge in [0, 0.05) is 17.3 Å². The second-order valence-electron chi connectivity index (χ2n) is 7.21. The molecule has 0 saturated heterocycles. The molecule has 0 bridgehead atoms. The van der Waals surface area contributed by atoms with Gasteiger partial charge in [0.15, 0.2) is 0 Å². The van der Waals surface area contributed by atoms with Crippen LogP contribution in [0.5, 0.6) is 0 Å². The number of unbranched alkanes of at least 4 members (excludes halogenated alkanes) is 1. The van der Waals surface area contributed by atoms with Crippen LogP contribution in [0.25, 0.3) is 0 Å². The summed E-state index contributed by atoms with van der Waals surface area (Å²) in [5.74, 6) is -0.190. The van der Waals surface area contributed by atoms with E-state index in [9.17, 15) is 13.2 Å². The topological polar surface area (TPSA) is 66.5 Å². The van der Waals surface area contributed by atoms with Crippen molar-refractivity contribution in [3.63, 3.8) is 0 Å². The maximum absolute atomic E-state index is 12.6. The van der Waals surface area contributed by atoms with Crippen LogP contribution in [-0.2, 0) is 22.9 Å². The number of aryl methyl sites for hydroxylation is 1. The van der Waals surface area contributed by atoms with Crippen molar-refractivity contribution in [2.24, 2.45) is 0 Å². The number of nitrogens with zero attached hydrogens (tertiary/aromatic N) is 1. The Morgan fingerprint density at radius 1 is 1.19 bits per heavy atom. The molecule has 1 amide bonds. The van der Waals surface area contributed by atoms with Crippen LogP contribution in [0.3, 0.4) is 0 Å². The van der Waals surface area contributed by atoms with Crippen molar-refractivity contribution >= 4 is 27.3 Å². The van der Waals surface area contributed by atoms with Gasteiger partial charge in [-0.3, -0.25) is 9.10 Å². The van der Waals surface area contributed by atoms with Crippen molar-refractivity contribution < 1.29 is 13.2 Å². The third-order valence-corrected chi connectivity index (χ3v) is 6.15. The summed E-state index contributed by atoms with van der Waals surface area (Å²) in [5.41, 5.74) is 4.11. The SMILES string of the molecule is CCCCc1ccc(NC(=O)c2ccc3c(c2)C[C@H](C)N3S(C)(=O)=O)cc1. The molecule has 0 unspecified atom stereocenters. The molecule has 27 heavy (non-hydrogen) atoms. The lowest BCUT2D eigenvalue weighted by molar-refractivity contribution is 0.102. The molecule has 3 rings (SSSR count). The van der Waals surface area contributed by atoms with E-state index < -0.39 is 10.0 Å². The number of anilines is 2. The van der Waals surface area contributed by atoms with Gasteiger partial charge in [-0.1, -0.05) is 25.5 Å². The van der Waals surface area contributed by atoms with Crippen molar-refractivity contribution in [3.05, 3.63) is 59.2 Å². The number of rotatable bonds is 6. The number of hydrogen-bond donors (Lipinski definition) is 1. The first-order valence-electron chi connectivity index (χ1n) is 9.32. The van der Waals surface area contributed by atoms with Gasteiger partial charge < -0.3 is 5.32 Å². The van der Waals surface area contributed by atoms with Gasteiger partial charge in [-0.25, -0.2) is 8.42 Å². The molecule has 1 aliphatic rings. The zero-order valence-electron chi connectivity index (χ0n) is 16.0. The molecule has 0 spiro atoms. The summed E-state index contributed by atoms with van der Waals surface area (Å²) >= 11 is 0. The number of carbonyl (C=O) groups is 1. The fourth-order valence-corrected chi connectivity index (χ4v) is 4.85. The van der Waals surface area contributed by atoms with Crippen LogP contribution in [0.2, 0.25) is 0 Å². The molecular weight excluding hydrogens is 360 g/mol. The smallest absolute Gasteiger partial charge is 0.255 e. The molecule has 1 atom stereocenters. The van der Waals surface area contributed by atoms with E-state index in [4.69, 9.17) is 0 Å². The van der Waals surface area contributed by atoms with Crippen LogP contribution in [-0.4, -0.2) is 26.6 Å². The fourth-order valence-electron chi connectivity index (χ4n) is 3.59. The van der Waals surface area contributed by atoms with E-state index in [0.29, 0.717) is 17.7 Å². The summed E-state index contributed by atoms with van der Waals surface area (Å²) in [6, 6.07) is 13.0. The Hall–Kier alpha value is -2.34. The maximum atomic E-state index is 12.6. The average Bonchev–Trinajstić information content (AvgIpc) is 2.96. The monoisotopic (exact) mass is 386 g/mol. The molecule has 2 aromatic carbocycles. The van der Waals surface area contributed by atoms with Gasteiger partial charge >= 0.3 is 0 Å². The predicted octanol–water partition coefficient (Wildman–Crippen LogP) is 3.99. The summed E-state index contributed by atoms with van der Waals surface area (Å²) in [4.78, 5) is 12.6. The summed E-state index contributed by atoms with van der Waals surface area (Å²) in [7, 11) is -3.32. The molecule has 1 aliphatic heterocycles.